The molecule has 1 saturated heterocycles. The van der Waals surface area contributed by atoms with Crippen LogP contribution in [0, 0.1) is 12.3 Å². The second-order valence-corrected chi connectivity index (χ2v) is 3.38. The van der Waals surface area contributed by atoms with Gasteiger partial charge in [0.15, 0.2) is 0 Å². The summed E-state index contributed by atoms with van der Waals surface area (Å²) in [6.45, 7) is 7.32. The highest BCUT2D eigenvalue weighted by atomic mass is 16.5. The standard InChI is InChI=1S/C9H17O2/c1-3-9(2)7-11-8(9)5-4-6-10/h8,10H,2-7H2,1H3. The monoisotopic (exact) mass is 157 g/mol. The number of hydrogen-bond acceptors (Lipinski definition) is 2. The molecule has 2 atom stereocenters. The molecular weight excluding hydrogens is 140 g/mol. The molecule has 2 heteroatoms. The van der Waals surface area contributed by atoms with Crippen LogP contribution in [0.15, 0.2) is 0 Å². The molecule has 0 bridgehead atoms. The summed E-state index contributed by atoms with van der Waals surface area (Å²) in [4.78, 5) is 0. The largest absolute Gasteiger partial charge is 0.396 e. The van der Waals surface area contributed by atoms with Gasteiger partial charge in [0.05, 0.1) is 12.7 Å². The van der Waals surface area contributed by atoms with E-state index in [4.69, 9.17) is 9.84 Å². The van der Waals surface area contributed by atoms with Crippen LogP contribution < -0.4 is 0 Å². The Kier molecular flexibility index (Phi) is 2.90. The SMILES string of the molecule is [CH2]C1(CC)COC1CCCO. The maximum absolute atomic E-state index is 8.60. The Morgan fingerprint density at radius 3 is 2.82 bits per heavy atom. The third-order valence-electron chi connectivity index (χ3n) is 2.58. The number of ether oxygens (including phenoxy) is 1. The van der Waals surface area contributed by atoms with Gasteiger partial charge in [0.25, 0.3) is 0 Å². The summed E-state index contributed by atoms with van der Waals surface area (Å²) >= 11 is 0. The van der Waals surface area contributed by atoms with Gasteiger partial charge in [-0.15, -0.1) is 0 Å². The molecule has 65 valence electrons. The van der Waals surface area contributed by atoms with E-state index in [0.717, 1.165) is 25.9 Å². The number of aliphatic hydroxyl groups is 1. The summed E-state index contributed by atoms with van der Waals surface area (Å²) in [5.41, 5.74) is 0.148. The highest BCUT2D eigenvalue weighted by Crippen LogP contribution is 2.39. The van der Waals surface area contributed by atoms with Crippen molar-refractivity contribution in [2.24, 2.45) is 5.41 Å². The molecule has 1 aliphatic heterocycles. The van der Waals surface area contributed by atoms with Crippen LogP contribution in [0.25, 0.3) is 0 Å². The van der Waals surface area contributed by atoms with Crippen LogP contribution in [-0.4, -0.2) is 24.4 Å². The summed E-state index contributed by atoms with van der Waals surface area (Å²) in [6, 6.07) is 0. The molecule has 1 aliphatic rings. The van der Waals surface area contributed by atoms with Crippen LogP contribution in [-0.2, 0) is 4.74 Å². The summed E-state index contributed by atoms with van der Waals surface area (Å²) in [5, 5.41) is 8.60. The smallest absolute Gasteiger partial charge is 0.0654 e. The van der Waals surface area contributed by atoms with Gasteiger partial charge in [-0.3, -0.25) is 0 Å². The van der Waals surface area contributed by atoms with Crippen molar-refractivity contribution in [3.8, 4) is 0 Å². The summed E-state index contributed by atoms with van der Waals surface area (Å²) in [6.07, 6.45) is 3.15. The van der Waals surface area contributed by atoms with Crippen LogP contribution in [0.3, 0.4) is 0 Å². The first-order valence-corrected chi connectivity index (χ1v) is 4.31. The van der Waals surface area contributed by atoms with Gasteiger partial charge in [-0.1, -0.05) is 6.92 Å². The minimum Gasteiger partial charge on any atom is -0.396 e. The van der Waals surface area contributed by atoms with Gasteiger partial charge in [0.2, 0.25) is 0 Å². The summed E-state index contributed by atoms with van der Waals surface area (Å²) < 4.78 is 5.37. The quantitative estimate of drug-likeness (QED) is 0.668. The van der Waals surface area contributed by atoms with Crippen molar-refractivity contribution in [1.29, 1.82) is 0 Å². The van der Waals surface area contributed by atoms with Crippen molar-refractivity contribution in [1.82, 2.24) is 0 Å². The molecule has 0 amide bonds. The molecular formula is C9H17O2. The first-order valence-electron chi connectivity index (χ1n) is 4.31. The predicted octanol–water partition coefficient (Wildman–Crippen LogP) is 1.39. The average molecular weight is 157 g/mol. The molecule has 0 aromatic rings. The lowest BCUT2D eigenvalue weighted by Gasteiger charge is -2.46. The van der Waals surface area contributed by atoms with Crippen molar-refractivity contribution in [2.75, 3.05) is 13.2 Å². The van der Waals surface area contributed by atoms with Crippen LogP contribution in [0.1, 0.15) is 26.2 Å². The number of aliphatic hydroxyl groups excluding tert-OH is 1. The van der Waals surface area contributed by atoms with Gasteiger partial charge in [0, 0.05) is 12.0 Å². The Morgan fingerprint density at radius 2 is 2.45 bits per heavy atom. The van der Waals surface area contributed by atoms with E-state index in [1.54, 1.807) is 0 Å². The van der Waals surface area contributed by atoms with Crippen molar-refractivity contribution >= 4 is 0 Å². The molecule has 0 saturated carbocycles. The van der Waals surface area contributed by atoms with E-state index in [9.17, 15) is 0 Å². The van der Waals surface area contributed by atoms with Gasteiger partial charge >= 0.3 is 0 Å². The molecule has 11 heavy (non-hydrogen) atoms. The second kappa shape index (κ2) is 3.55. The van der Waals surface area contributed by atoms with E-state index in [1.165, 1.54) is 0 Å². The first kappa shape index (κ1) is 9.01. The molecule has 0 aromatic heterocycles. The Labute approximate surface area is 68.6 Å². The van der Waals surface area contributed by atoms with Crippen LogP contribution in [0.5, 0.6) is 0 Å². The van der Waals surface area contributed by atoms with Crippen molar-refractivity contribution in [3.63, 3.8) is 0 Å². The lowest BCUT2D eigenvalue weighted by Crippen LogP contribution is -2.49. The molecule has 1 radical (unpaired) electrons. The second-order valence-electron chi connectivity index (χ2n) is 3.38. The van der Waals surface area contributed by atoms with Crippen LogP contribution >= 0.6 is 0 Å². The minimum atomic E-state index is 0.148. The third kappa shape index (κ3) is 1.74. The van der Waals surface area contributed by atoms with Gasteiger partial charge in [-0.25, -0.2) is 0 Å². The highest BCUT2D eigenvalue weighted by molar-refractivity contribution is 4.95. The number of rotatable bonds is 4. The van der Waals surface area contributed by atoms with E-state index in [0.29, 0.717) is 6.10 Å². The average Bonchev–Trinajstić information content (AvgIpc) is 2.02. The minimum absolute atomic E-state index is 0.148. The lowest BCUT2D eigenvalue weighted by atomic mass is 9.76. The van der Waals surface area contributed by atoms with E-state index in [2.05, 4.69) is 13.8 Å². The summed E-state index contributed by atoms with van der Waals surface area (Å²) in [7, 11) is 0. The van der Waals surface area contributed by atoms with E-state index in [1.807, 2.05) is 0 Å². The molecule has 1 N–H and O–H groups in total. The fourth-order valence-electron chi connectivity index (χ4n) is 1.43. The molecule has 0 aromatic carbocycles. The van der Waals surface area contributed by atoms with E-state index in [-0.39, 0.29) is 12.0 Å². The molecule has 2 nitrogen and oxygen atoms in total. The molecule has 1 heterocycles. The summed E-state index contributed by atoms with van der Waals surface area (Å²) in [5.74, 6) is 0. The van der Waals surface area contributed by atoms with Crippen molar-refractivity contribution in [3.05, 3.63) is 6.92 Å². The molecule has 0 aliphatic carbocycles. The van der Waals surface area contributed by atoms with E-state index >= 15 is 0 Å². The normalized spacial score (nSPS) is 36.8. The molecule has 2 unspecified atom stereocenters. The maximum atomic E-state index is 8.60. The van der Waals surface area contributed by atoms with Gasteiger partial charge in [0.1, 0.15) is 0 Å². The van der Waals surface area contributed by atoms with Gasteiger partial charge < -0.3 is 9.84 Å². The Hall–Kier alpha value is -0.0800. The van der Waals surface area contributed by atoms with Crippen LogP contribution in [0.2, 0.25) is 0 Å². The first-order chi connectivity index (χ1) is 5.23. The van der Waals surface area contributed by atoms with Gasteiger partial charge in [-0.05, 0) is 26.2 Å². The van der Waals surface area contributed by atoms with E-state index < -0.39 is 0 Å². The molecule has 0 spiro atoms. The Balaban J connectivity index is 2.25. The Morgan fingerprint density at radius 1 is 1.73 bits per heavy atom. The third-order valence-corrected chi connectivity index (χ3v) is 2.58. The predicted molar refractivity (Wildman–Crippen MR) is 44.1 cm³/mol. The van der Waals surface area contributed by atoms with Crippen LogP contribution in [0.4, 0.5) is 0 Å². The fraction of sp³-hybridized carbons (Fsp3) is 0.889. The lowest BCUT2D eigenvalue weighted by molar-refractivity contribution is -0.167. The zero-order chi connectivity index (χ0) is 8.32. The molecule has 1 fully saturated rings. The maximum Gasteiger partial charge on any atom is 0.0654 e. The zero-order valence-electron chi connectivity index (χ0n) is 7.18. The fourth-order valence-corrected chi connectivity index (χ4v) is 1.43. The zero-order valence-corrected chi connectivity index (χ0v) is 7.18. The van der Waals surface area contributed by atoms with Crippen molar-refractivity contribution < 1.29 is 9.84 Å². The molecule has 1 rings (SSSR count). The topological polar surface area (TPSA) is 29.5 Å². The Bertz CT molecular complexity index is 121. The highest BCUT2D eigenvalue weighted by Gasteiger charge is 2.41. The van der Waals surface area contributed by atoms with Crippen molar-refractivity contribution in [2.45, 2.75) is 32.3 Å². The number of hydrogen-bond donors (Lipinski definition) is 1. The van der Waals surface area contributed by atoms with Gasteiger partial charge in [-0.2, -0.15) is 0 Å².